The summed E-state index contributed by atoms with van der Waals surface area (Å²) in [5.74, 6) is -0.166. The van der Waals surface area contributed by atoms with Crippen molar-refractivity contribution >= 4 is 17.3 Å². The monoisotopic (exact) mass is 318 g/mol. The van der Waals surface area contributed by atoms with Crippen LogP contribution in [-0.2, 0) is 6.54 Å². The van der Waals surface area contributed by atoms with E-state index in [9.17, 15) is 4.39 Å². The molecular formula is C18H20ClFN2. The summed E-state index contributed by atoms with van der Waals surface area (Å²) in [6.45, 7) is 2.78. The first-order valence-electron chi connectivity index (χ1n) is 7.69. The summed E-state index contributed by atoms with van der Waals surface area (Å²) in [6, 6.07) is 15.3. The summed E-state index contributed by atoms with van der Waals surface area (Å²) in [7, 11) is 0. The molecule has 3 rings (SSSR count). The van der Waals surface area contributed by atoms with Crippen molar-refractivity contribution in [1.82, 2.24) is 5.32 Å². The summed E-state index contributed by atoms with van der Waals surface area (Å²) in [5, 5.41) is 4.37. The molecule has 1 fully saturated rings. The highest BCUT2D eigenvalue weighted by Crippen LogP contribution is 2.21. The van der Waals surface area contributed by atoms with Crippen LogP contribution in [-0.4, -0.2) is 19.1 Å². The van der Waals surface area contributed by atoms with E-state index in [0.717, 1.165) is 43.2 Å². The van der Waals surface area contributed by atoms with Crippen LogP contribution in [0.2, 0.25) is 5.02 Å². The van der Waals surface area contributed by atoms with Gasteiger partial charge in [-0.1, -0.05) is 29.8 Å². The average Bonchev–Trinajstić information content (AvgIpc) is 2.55. The molecule has 2 aromatic carbocycles. The van der Waals surface area contributed by atoms with E-state index in [4.69, 9.17) is 11.6 Å². The number of rotatable bonds is 4. The lowest BCUT2D eigenvalue weighted by Crippen LogP contribution is -2.42. The van der Waals surface area contributed by atoms with Crippen LogP contribution in [0.25, 0.3) is 0 Å². The predicted octanol–water partition coefficient (Wildman–Crippen LogP) is 4.24. The Hall–Kier alpha value is -1.58. The second-order valence-electron chi connectivity index (χ2n) is 5.75. The fourth-order valence-corrected chi connectivity index (χ4v) is 3.01. The lowest BCUT2D eigenvalue weighted by molar-refractivity contribution is 0.414. The molecule has 0 aliphatic carbocycles. The zero-order valence-electron chi connectivity index (χ0n) is 12.4. The van der Waals surface area contributed by atoms with Crippen molar-refractivity contribution in [3.05, 3.63) is 64.9 Å². The van der Waals surface area contributed by atoms with Crippen LogP contribution in [0.15, 0.2) is 48.5 Å². The van der Waals surface area contributed by atoms with Crippen molar-refractivity contribution < 1.29 is 4.39 Å². The minimum Gasteiger partial charge on any atom is -0.371 e. The van der Waals surface area contributed by atoms with Gasteiger partial charge in [-0.2, -0.15) is 0 Å². The molecule has 1 saturated heterocycles. The smallest absolute Gasteiger partial charge is 0.125 e. The van der Waals surface area contributed by atoms with Crippen LogP contribution < -0.4 is 10.2 Å². The van der Waals surface area contributed by atoms with Gasteiger partial charge in [0.1, 0.15) is 5.82 Å². The van der Waals surface area contributed by atoms with Crippen LogP contribution in [0.1, 0.15) is 18.4 Å². The maximum atomic E-state index is 13.3. The summed E-state index contributed by atoms with van der Waals surface area (Å²) in [4.78, 5) is 2.25. The quantitative estimate of drug-likeness (QED) is 0.907. The third-order valence-electron chi connectivity index (χ3n) is 4.18. The van der Waals surface area contributed by atoms with Gasteiger partial charge in [0, 0.05) is 36.4 Å². The molecule has 0 unspecified atom stereocenters. The number of piperidine rings is 1. The van der Waals surface area contributed by atoms with Gasteiger partial charge >= 0.3 is 0 Å². The Labute approximate surface area is 135 Å². The Morgan fingerprint density at radius 1 is 1.09 bits per heavy atom. The summed E-state index contributed by atoms with van der Waals surface area (Å²) >= 11 is 5.89. The van der Waals surface area contributed by atoms with Crippen LogP contribution in [0, 0.1) is 5.82 Å². The van der Waals surface area contributed by atoms with Crippen LogP contribution in [0.3, 0.4) is 0 Å². The zero-order valence-corrected chi connectivity index (χ0v) is 13.2. The van der Waals surface area contributed by atoms with Gasteiger partial charge in [-0.3, -0.25) is 0 Å². The fraction of sp³-hybridized carbons (Fsp3) is 0.333. The van der Waals surface area contributed by atoms with Gasteiger partial charge in [-0.05, 0) is 48.7 Å². The van der Waals surface area contributed by atoms with Gasteiger partial charge in [0.25, 0.3) is 0 Å². The number of nitrogens with zero attached hydrogens (tertiary/aromatic N) is 1. The molecule has 1 aliphatic rings. The van der Waals surface area contributed by atoms with Crippen molar-refractivity contribution in [2.75, 3.05) is 18.0 Å². The molecule has 0 bridgehead atoms. The SMILES string of the molecule is Fc1cccc(N2CCC(NCc3ccc(Cl)cc3)CC2)c1. The van der Waals surface area contributed by atoms with Crippen LogP contribution in [0.4, 0.5) is 10.1 Å². The molecule has 1 aliphatic heterocycles. The van der Waals surface area contributed by atoms with E-state index in [1.807, 2.05) is 18.2 Å². The minimum absolute atomic E-state index is 0.166. The van der Waals surface area contributed by atoms with Crippen LogP contribution in [0.5, 0.6) is 0 Å². The highest BCUT2D eigenvalue weighted by Gasteiger charge is 2.19. The summed E-state index contributed by atoms with van der Waals surface area (Å²) in [5.41, 5.74) is 2.23. The molecule has 0 saturated carbocycles. The highest BCUT2D eigenvalue weighted by molar-refractivity contribution is 6.30. The second-order valence-corrected chi connectivity index (χ2v) is 6.18. The molecule has 1 heterocycles. The van der Waals surface area contributed by atoms with E-state index < -0.39 is 0 Å². The topological polar surface area (TPSA) is 15.3 Å². The number of benzene rings is 2. The lowest BCUT2D eigenvalue weighted by Gasteiger charge is -2.34. The van der Waals surface area contributed by atoms with Crippen molar-refractivity contribution in [2.45, 2.75) is 25.4 Å². The number of nitrogens with one attached hydrogen (secondary N) is 1. The molecule has 4 heteroatoms. The highest BCUT2D eigenvalue weighted by atomic mass is 35.5. The summed E-state index contributed by atoms with van der Waals surface area (Å²) < 4.78 is 13.3. The molecule has 2 aromatic rings. The second kappa shape index (κ2) is 7.12. The van der Waals surface area contributed by atoms with E-state index >= 15 is 0 Å². The van der Waals surface area contributed by atoms with Gasteiger partial charge in [0.2, 0.25) is 0 Å². The molecular weight excluding hydrogens is 299 g/mol. The third-order valence-corrected chi connectivity index (χ3v) is 4.43. The molecule has 0 radical (unpaired) electrons. The van der Waals surface area contributed by atoms with Gasteiger partial charge in [-0.25, -0.2) is 4.39 Å². The Morgan fingerprint density at radius 2 is 1.82 bits per heavy atom. The van der Waals surface area contributed by atoms with Gasteiger partial charge in [0.05, 0.1) is 0 Å². The van der Waals surface area contributed by atoms with Crippen LogP contribution >= 0.6 is 11.6 Å². The largest absolute Gasteiger partial charge is 0.371 e. The minimum atomic E-state index is -0.166. The van der Waals surface area contributed by atoms with Crippen molar-refractivity contribution in [2.24, 2.45) is 0 Å². The first kappa shape index (κ1) is 15.3. The van der Waals surface area contributed by atoms with Gasteiger partial charge in [0.15, 0.2) is 0 Å². The van der Waals surface area contributed by atoms with E-state index in [2.05, 4.69) is 22.3 Å². The van der Waals surface area contributed by atoms with E-state index in [-0.39, 0.29) is 5.82 Å². The predicted molar refractivity (Wildman–Crippen MR) is 89.9 cm³/mol. The maximum absolute atomic E-state index is 13.3. The lowest BCUT2D eigenvalue weighted by atomic mass is 10.0. The maximum Gasteiger partial charge on any atom is 0.125 e. The Morgan fingerprint density at radius 3 is 2.50 bits per heavy atom. The van der Waals surface area contributed by atoms with E-state index in [0.29, 0.717) is 6.04 Å². The first-order chi connectivity index (χ1) is 10.7. The number of hydrogen-bond donors (Lipinski definition) is 1. The molecule has 0 spiro atoms. The summed E-state index contributed by atoms with van der Waals surface area (Å²) in [6.07, 6.45) is 2.15. The van der Waals surface area contributed by atoms with Gasteiger partial charge < -0.3 is 10.2 Å². The Bertz CT molecular complexity index is 607. The average molecular weight is 319 g/mol. The van der Waals surface area contributed by atoms with Crippen molar-refractivity contribution in [3.63, 3.8) is 0 Å². The Kier molecular flexibility index (Phi) is 4.96. The zero-order chi connectivity index (χ0) is 15.4. The molecule has 2 nitrogen and oxygen atoms in total. The number of hydrogen-bond acceptors (Lipinski definition) is 2. The molecule has 116 valence electrons. The van der Waals surface area contributed by atoms with E-state index in [1.54, 1.807) is 12.1 Å². The molecule has 0 amide bonds. The van der Waals surface area contributed by atoms with Crippen molar-refractivity contribution in [3.8, 4) is 0 Å². The molecule has 1 N–H and O–H groups in total. The van der Waals surface area contributed by atoms with Gasteiger partial charge in [-0.15, -0.1) is 0 Å². The van der Waals surface area contributed by atoms with E-state index in [1.165, 1.54) is 11.6 Å². The third kappa shape index (κ3) is 3.99. The molecule has 22 heavy (non-hydrogen) atoms. The first-order valence-corrected chi connectivity index (χ1v) is 8.07. The standard InChI is InChI=1S/C18H20ClFN2/c19-15-6-4-14(5-7-15)13-21-17-8-10-22(11-9-17)18-3-1-2-16(20)12-18/h1-7,12,17,21H,8-11,13H2. The Balaban J connectivity index is 1.48. The van der Waals surface area contributed by atoms with Crippen molar-refractivity contribution in [1.29, 1.82) is 0 Å². The fourth-order valence-electron chi connectivity index (χ4n) is 2.88. The number of anilines is 1. The molecule has 0 aromatic heterocycles. The number of halogens is 2. The molecule has 0 atom stereocenters. The normalized spacial score (nSPS) is 16.0.